The molecule has 0 aromatic heterocycles. The first-order valence-corrected chi connectivity index (χ1v) is 10.4. The van der Waals surface area contributed by atoms with Crippen LogP contribution in [0.25, 0.3) is 6.08 Å². The molecule has 0 aliphatic carbocycles. The molecule has 3 aromatic carbocycles. The van der Waals surface area contributed by atoms with Crippen molar-refractivity contribution in [3.8, 4) is 17.2 Å². The minimum absolute atomic E-state index is 0.165. The van der Waals surface area contributed by atoms with E-state index < -0.39 is 0 Å². The van der Waals surface area contributed by atoms with E-state index in [1.807, 2.05) is 42.5 Å². The Morgan fingerprint density at radius 1 is 0.966 bits per heavy atom. The van der Waals surface area contributed by atoms with Crippen molar-refractivity contribution < 1.29 is 19.0 Å². The van der Waals surface area contributed by atoms with Gasteiger partial charge in [0.1, 0.15) is 23.9 Å². The molecule has 0 atom stereocenters. The van der Waals surface area contributed by atoms with Crippen LogP contribution in [0.15, 0.2) is 75.4 Å². The molecular formula is C23H16Br2O4. The first kappa shape index (κ1) is 19.7. The van der Waals surface area contributed by atoms with E-state index >= 15 is 0 Å². The van der Waals surface area contributed by atoms with Crippen molar-refractivity contribution >= 4 is 43.7 Å². The highest BCUT2D eigenvalue weighted by Gasteiger charge is 2.28. The van der Waals surface area contributed by atoms with Crippen LogP contribution in [0.3, 0.4) is 0 Å². The van der Waals surface area contributed by atoms with Gasteiger partial charge in [0.05, 0.1) is 12.7 Å². The number of halogens is 2. The van der Waals surface area contributed by atoms with Gasteiger partial charge < -0.3 is 14.2 Å². The first-order chi connectivity index (χ1) is 14.0. The summed E-state index contributed by atoms with van der Waals surface area (Å²) in [5.74, 6) is 1.87. The average molecular weight is 516 g/mol. The summed E-state index contributed by atoms with van der Waals surface area (Å²) in [5.41, 5.74) is 2.32. The monoisotopic (exact) mass is 514 g/mol. The van der Waals surface area contributed by atoms with E-state index in [2.05, 4.69) is 31.9 Å². The molecule has 4 rings (SSSR count). The molecule has 0 unspecified atom stereocenters. The van der Waals surface area contributed by atoms with Gasteiger partial charge in [0, 0.05) is 20.6 Å². The summed E-state index contributed by atoms with van der Waals surface area (Å²) in [4.78, 5) is 12.7. The summed E-state index contributed by atoms with van der Waals surface area (Å²) in [6.45, 7) is 0.429. The van der Waals surface area contributed by atoms with Crippen LogP contribution < -0.4 is 14.2 Å². The van der Waals surface area contributed by atoms with Crippen molar-refractivity contribution in [3.63, 3.8) is 0 Å². The minimum atomic E-state index is -0.165. The lowest BCUT2D eigenvalue weighted by Gasteiger charge is -2.08. The number of fused-ring (bicyclic) bond motifs is 1. The lowest BCUT2D eigenvalue weighted by Crippen LogP contribution is -1.99. The summed E-state index contributed by atoms with van der Waals surface area (Å²) >= 11 is 6.86. The Labute approximate surface area is 185 Å². The van der Waals surface area contributed by atoms with Crippen LogP contribution in [0.1, 0.15) is 21.5 Å². The molecule has 4 nitrogen and oxygen atoms in total. The van der Waals surface area contributed by atoms with Crippen molar-refractivity contribution in [3.05, 3.63) is 92.1 Å². The van der Waals surface area contributed by atoms with Crippen molar-refractivity contribution in [1.29, 1.82) is 0 Å². The summed E-state index contributed by atoms with van der Waals surface area (Å²) in [5, 5.41) is 0. The van der Waals surface area contributed by atoms with Crippen molar-refractivity contribution in [1.82, 2.24) is 0 Å². The van der Waals surface area contributed by atoms with Crippen LogP contribution in [0, 0.1) is 0 Å². The number of methoxy groups -OCH3 is 1. The number of carbonyl (C=O) groups is 1. The van der Waals surface area contributed by atoms with Crippen molar-refractivity contribution in [2.45, 2.75) is 6.61 Å². The molecule has 1 heterocycles. The smallest absolute Gasteiger partial charge is 0.231 e. The molecule has 0 spiro atoms. The van der Waals surface area contributed by atoms with Crippen molar-refractivity contribution in [2.24, 2.45) is 0 Å². The minimum Gasteiger partial charge on any atom is -0.496 e. The predicted molar refractivity (Wildman–Crippen MR) is 119 cm³/mol. The fraction of sp³-hybridized carbons (Fsp3) is 0.0870. The molecule has 1 aliphatic heterocycles. The van der Waals surface area contributed by atoms with E-state index in [4.69, 9.17) is 14.2 Å². The quantitative estimate of drug-likeness (QED) is 0.368. The SMILES string of the molecule is COc1ccc(Br)cc1/C=C1\Oc2cc(OCc3ccc(Br)cc3)ccc2C1=O. The molecule has 0 bridgehead atoms. The molecule has 1 aliphatic rings. The van der Waals surface area contributed by atoms with Crippen LogP contribution in [0.4, 0.5) is 0 Å². The second-order valence-electron chi connectivity index (χ2n) is 6.40. The molecule has 3 aromatic rings. The highest BCUT2D eigenvalue weighted by Crippen LogP contribution is 2.36. The van der Waals surface area contributed by atoms with E-state index in [0.717, 1.165) is 20.1 Å². The zero-order chi connectivity index (χ0) is 20.4. The molecule has 0 N–H and O–H groups in total. The van der Waals surface area contributed by atoms with Crippen LogP contribution >= 0.6 is 31.9 Å². The normalized spacial score (nSPS) is 13.9. The van der Waals surface area contributed by atoms with Gasteiger partial charge in [0.25, 0.3) is 0 Å². The fourth-order valence-corrected chi connectivity index (χ4v) is 3.61. The van der Waals surface area contributed by atoms with Gasteiger partial charge in [-0.3, -0.25) is 4.79 Å². The van der Waals surface area contributed by atoms with Crippen LogP contribution in [-0.4, -0.2) is 12.9 Å². The Kier molecular flexibility index (Phi) is 5.74. The Balaban J connectivity index is 1.54. The molecule has 0 amide bonds. The molecule has 0 saturated heterocycles. The molecule has 0 fully saturated rings. The third-order valence-electron chi connectivity index (χ3n) is 4.44. The van der Waals surface area contributed by atoms with Gasteiger partial charge >= 0.3 is 0 Å². The molecule has 0 radical (unpaired) electrons. The average Bonchev–Trinajstić information content (AvgIpc) is 3.02. The zero-order valence-corrected chi connectivity index (χ0v) is 18.6. The number of allylic oxidation sites excluding steroid dienone is 1. The summed E-state index contributed by atoms with van der Waals surface area (Å²) < 4.78 is 18.9. The van der Waals surface area contributed by atoms with Crippen molar-refractivity contribution in [2.75, 3.05) is 7.11 Å². The third kappa shape index (κ3) is 4.38. The summed E-state index contributed by atoms with van der Waals surface area (Å²) in [7, 11) is 1.59. The topological polar surface area (TPSA) is 44.8 Å². The molecule has 0 saturated carbocycles. The number of ketones is 1. The molecule has 6 heteroatoms. The van der Waals surface area contributed by atoms with Crippen LogP contribution in [0.5, 0.6) is 17.2 Å². The molecule has 29 heavy (non-hydrogen) atoms. The third-order valence-corrected chi connectivity index (χ3v) is 5.46. The van der Waals surface area contributed by atoms with Gasteiger partial charge in [-0.2, -0.15) is 0 Å². The van der Waals surface area contributed by atoms with Gasteiger partial charge in [-0.1, -0.05) is 44.0 Å². The summed E-state index contributed by atoms with van der Waals surface area (Å²) in [6.07, 6.45) is 1.69. The number of hydrogen-bond acceptors (Lipinski definition) is 4. The second kappa shape index (κ2) is 8.43. The van der Waals surface area contributed by atoms with E-state index in [-0.39, 0.29) is 11.5 Å². The maximum Gasteiger partial charge on any atom is 0.231 e. The molecule has 146 valence electrons. The highest BCUT2D eigenvalue weighted by atomic mass is 79.9. The maximum absolute atomic E-state index is 12.7. The van der Waals surface area contributed by atoms with Gasteiger partial charge in [-0.05, 0) is 54.1 Å². The van der Waals surface area contributed by atoms with E-state index in [1.165, 1.54) is 0 Å². The summed E-state index contributed by atoms with van der Waals surface area (Å²) in [6, 6.07) is 18.7. The number of rotatable bonds is 5. The van der Waals surface area contributed by atoms with Crippen LogP contribution in [-0.2, 0) is 6.61 Å². The van der Waals surface area contributed by atoms with Gasteiger partial charge in [-0.25, -0.2) is 0 Å². The molecular weight excluding hydrogens is 500 g/mol. The van der Waals surface area contributed by atoms with Gasteiger partial charge in [0.15, 0.2) is 5.76 Å². The van der Waals surface area contributed by atoms with E-state index in [0.29, 0.717) is 29.4 Å². The Morgan fingerprint density at radius 2 is 1.72 bits per heavy atom. The van der Waals surface area contributed by atoms with E-state index in [9.17, 15) is 4.79 Å². The highest BCUT2D eigenvalue weighted by molar-refractivity contribution is 9.10. The first-order valence-electron chi connectivity index (χ1n) is 8.82. The Morgan fingerprint density at radius 3 is 2.48 bits per heavy atom. The number of ether oxygens (including phenoxy) is 3. The predicted octanol–water partition coefficient (Wildman–Crippen LogP) is 6.42. The lowest BCUT2D eigenvalue weighted by atomic mass is 10.1. The van der Waals surface area contributed by atoms with E-state index in [1.54, 1.807) is 31.4 Å². The van der Waals surface area contributed by atoms with Gasteiger partial charge in [-0.15, -0.1) is 0 Å². The standard InChI is InChI=1S/C23H16Br2O4/c1-27-20-9-6-17(25)10-15(20)11-22-23(26)19-8-7-18(12-21(19)29-22)28-13-14-2-4-16(24)5-3-14/h2-12H,13H2,1H3/b22-11-. The Bertz CT molecular complexity index is 1100. The maximum atomic E-state index is 12.7. The number of hydrogen-bond donors (Lipinski definition) is 0. The van der Waals surface area contributed by atoms with Gasteiger partial charge in [0.2, 0.25) is 5.78 Å². The van der Waals surface area contributed by atoms with Crippen LogP contribution in [0.2, 0.25) is 0 Å². The second-order valence-corrected chi connectivity index (χ2v) is 8.23. The number of Topliss-reactive ketones (excluding diaryl/α,β-unsaturated/α-hetero) is 1. The lowest BCUT2D eigenvalue weighted by molar-refractivity contribution is 0.101. The zero-order valence-electron chi connectivity index (χ0n) is 15.4. The number of benzene rings is 3. The fourth-order valence-electron chi connectivity index (χ4n) is 2.96. The Hall–Kier alpha value is -2.57. The number of carbonyl (C=O) groups excluding carboxylic acids is 1. The largest absolute Gasteiger partial charge is 0.496 e.